The van der Waals surface area contributed by atoms with Gasteiger partial charge in [0.25, 0.3) is 5.69 Å². The highest BCUT2D eigenvalue weighted by molar-refractivity contribution is 6.34. The van der Waals surface area contributed by atoms with Crippen molar-refractivity contribution in [3.63, 3.8) is 0 Å². The van der Waals surface area contributed by atoms with E-state index in [9.17, 15) is 24.5 Å². The number of benzene rings is 3. The van der Waals surface area contributed by atoms with E-state index >= 15 is 0 Å². The molecule has 0 radical (unpaired) electrons. The third kappa shape index (κ3) is 2.74. The van der Waals surface area contributed by atoms with Gasteiger partial charge in [-0.25, -0.2) is 4.90 Å². The van der Waals surface area contributed by atoms with E-state index in [1.54, 1.807) is 6.92 Å². The summed E-state index contributed by atoms with van der Waals surface area (Å²) in [6, 6.07) is 24.7. The molecule has 4 atom stereocenters. The summed E-state index contributed by atoms with van der Waals surface area (Å²) in [4.78, 5) is 54.5. The zero-order valence-corrected chi connectivity index (χ0v) is 20.4. The maximum atomic E-state index is 14.4. The Morgan fingerprint density at radius 2 is 1.38 bits per heavy atom. The lowest BCUT2D eigenvalue weighted by atomic mass is 9.62. The lowest BCUT2D eigenvalue weighted by molar-refractivity contribution is -0.384. The predicted octanol–water partition coefficient (Wildman–Crippen LogP) is 5.31. The normalized spacial score (nSPS) is 28.3. The molecule has 0 unspecified atom stereocenters. The Bertz CT molecular complexity index is 1530. The average molecular weight is 493 g/mol. The molecule has 1 heterocycles. The Morgan fingerprint density at radius 3 is 1.95 bits per heavy atom. The molecule has 37 heavy (non-hydrogen) atoms. The minimum atomic E-state index is -1.23. The van der Waals surface area contributed by atoms with E-state index in [1.165, 1.54) is 24.3 Å². The van der Waals surface area contributed by atoms with E-state index in [2.05, 4.69) is 0 Å². The topological polar surface area (TPSA) is 97.6 Å². The van der Waals surface area contributed by atoms with Crippen LogP contribution >= 0.6 is 0 Å². The standard InChI is InChI=1S/C30H24N2O5/c1-3-30-23(19-13-8-5-9-14-19)22(18-11-6-4-7-12-18)29(2,28(30)35)24-25(30)27(34)31(26(24)33)20-15-10-16-21(17-20)32(36)37/h4-17,24-25H,3H2,1-2H3/t24-,25-,29+,30-/m1/s1. The van der Waals surface area contributed by atoms with E-state index in [-0.39, 0.29) is 17.2 Å². The van der Waals surface area contributed by atoms with Gasteiger partial charge >= 0.3 is 0 Å². The molecule has 0 aromatic heterocycles. The zero-order valence-electron chi connectivity index (χ0n) is 20.4. The van der Waals surface area contributed by atoms with E-state index in [0.717, 1.165) is 27.2 Å². The molecule has 7 nitrogen and oxygen atoms in total. The Kier molecular flexibility index (Phi) is 4.86. The van der Waals surface area contributed by atoms with Crippen LogP contribution in [-0.4, -0.2) is 22.5 Å². The van der Waals surface area contributed by atoms with Crippen molar-refractivity contribution in [2.75, 3.05) is 4.90 Å². The van der Waals surface area contributed by atoms with Gasteiger partial charge in [-0.3, -0.25) is 24.5 Å². The molecule has 1 aliphatic heterocycles. The van der Waals surface area contributed by atoms with Crippen molar-refractivity contribution in [2.24, 2.45) is 22.7 Å². The maximum absolute atomic E-state index is 14.4. The number of carbonyl (C=O) groups excluding carboxylic acids is 3. The SMILES string of the molecule is CC[C@@]12C(=O)[C@@](C)(C(c3ccccc3)=C1c1ccccc1)[C@H]1C(=O)N(c3cccc([N+](=O)[O-])c3)C(=O)[C@@H]12. The molecule has 3 aromatic carbocycles. The number of nitrogens with zero attached hydrogens (tertiary/aromatic N) is 2. The summed E-state index contributed by atoms with van der Waals surface area (Å²) in [6.45, 7) is 3.69. The number of nitro benzene ring substituents is 1. The highest BCUT2D eigenvalue weighted by atomic mass is 16.6. The molecule has 7 heteroatoms. The fourth-order valence-corrected chi connectivity index (χ4v) is 7.13. The number of imide groups is 1. The van der Waals surface area contributed by atoms with Crippen molar-refractivity contribution in [2.45, 2.75) is 20.3 Å². The van der Waals surface area contributed by atoms with Crippen LogP contribution in [0.2, 0.25) is 0 Å². The number of Topliss-reactive ketones (excluding diaryl/α,β-unsaturated/α-hetero) is 1. The first kappa shape index (κ1) is 23.0. The van der Waals surface area contributed by atoms with Gasteiger partial charge in [0.1, 0.15) is 0 Å². The minimum absolute atomic E-state index is 0.101. The number of carbonyl (C=O) groups is 3. The van der Waals surface area contributed by atoms with Crippen LogP contribution in [0, 0.1) is 32.8 Å². The summed E-state index contributed by atoms with van der Waals surface area (Å²) in [6.07, 6.45) is 0.352. The van der Waals surface area contributed by atoms with Crippen LogP contribution < -0.4 is 4.90 Å². The summed E-state index contributed by atoms with van der Waals surface area (Å²) >= 11 is 0. The van der Waals surface area contributed by atoms with Crippen LogP contribution in [0.5, 0.6) is 0 Å². The van der Waals surface area contributed by atoms with Crippen molar-refractivity contribution in [3.8, 4) is 0 Å². The molecular formula is C30H24N2O5. The van der Waals surface area contributed by atoms with Crippen LogP contribution in [0.15, 0.2) is 84.9 Å². The van der Waals surface area contributed by atoms with Crippen molar-refractivity contribution in [3.05, 3.63) is 106 Å². The van der Waals surface area contributed by atoms with Gasteiger partial charge in [0, 0.05) is 12.1 Å². The van der Waals surface area contributed by atoms with E-state index in [1.807, 2.05) is 67.6 Å². The number of hydrogen-bond donors (Lipinski definition) is 0. The van der Waals surface area contributed by atoms with Gasteiger partial charge in [0.2, 0.25) is 11.8 Å². The smallest absolute Gasteiger partial charge is 0.271 e. The molecule has 1 saturated carbocycles. The average Bonchev–Trinajstić information content (AvgIpc) is 3.39. The highest BCUT2D eigenvalue weighted by Gasteiger charge is 2.79. The summed E-state index contributed by atoms with van der Waals surface area (Å²) in [5.41, 5.74) is 0.824. The number of anilines is 1. The number of amides is 2. The summed E-state index contributed by atoms with van der Waals surface area (Å²) < 4.78 is 0. The maximum Gasteiger partial charge on any atom is 0.271 e. The number of nitro groups is 1. The van der Waals surface area contributed by atoms with Gasteiger partial charge in [-0.1, -0.05) is 73.7 Å². The molecule has 2 fully saturated rings. The first-order chi connectivity index (χ1) is 17.8. The van der Waals surface area contributed by atoms with Gasteiger partial charge in [-0.05, 0) is 41.7 Å². The second-order valence-electron chi connectivity index (χ2n) is 10.1. The first-order valence-electron chi connectivity index (χ1n) is 12.3. The highest BCUT2D eigenvalue weighted by Crippen LogP contribution is 2.74. The second-order valence-corrected chi connectivity index (χ2v) is 10.1. The van der Waals surface area contributed by atoms with Crippen molar-refractivity contribution >= 4 is 40.1 Å². The van der Waals surface area contributed by atoms with Gasteiger partial charge < -0.3 is 0 Å². The predicted molar refractivity (Wildman–Crippen MR) is 138 cm³/mol. The van der Waals surface area contributed by atoms with E-state index in [4.69, 9.17) is 0 Å². The molecule has 3 aliphatic rings. The molecule has 0 N–H and O–H groups in total. The largest absolute Gasteiger partial charge is 0.298 e. The van der Waals surface area contributed by atoms with Crippen molar-refractivity contribution in [1.29, 1.82) is 0 Å². The molecular weight excluding hydrogens is 468 g/mol. The number of ketones is 1. The third-order valence-electron chi connectivity index (χ3n) is 8.53. The second kappa shape index (κ2) is 7.80. The van der Waals surface area contributed by atoms with Crippen LogP contribution in [0.25, 0.3) is 11.1 Å². The van der Waals surface area contributed by atoms with Crippen LogP contribution in [0.3, 0.4) is 0 Å². The fraction of sp³-hybridized carbons (Fsp3) is 0.233. The molecule has 0 spiro atoms. The minimum Gasteiger partial charge on any atom is -0.298 e. The Labute approximate surface area is 213 Å². The Balaban J connectivity index is 1.62. The molecule has 1 saturated heterocycles. The summed E-state index contributed by atoms with van der Waals surface area (Å²) in [5.74, 6) is -2.84. The Morgan fingerprint density at radius 1 is 0.811 bits per heavy atom. The van der Waals surface area contributed by atoms with Crippen LogP contribution in [0.4, 0.5) is 11.4 Å². The number of hydrogen-bond acceptors (Lipinski definition) is 5. The lowest BCUT2D eigenvalue weighted by Crippen LogP contribution is -2.41. The fourth-order valence-electron chi connectivity index (χ4n) is 7.13. The summed E-state index contributed by atoms with van der Waals surface area (Å²) in [5, 5.41) is 11.4. The summed E-state index contributed by atoms with van der Waals surface area (Å²) in [7, 11) is 0. The van der Waals surface area contributed by atoms with Gasteiger partial charge in [0.05, 0.1) is 33.3 Å². The van der Waals surface area contributed by atoms with Crippen molar-refractivity contribution in [1.82, 2.24) is 0 Å². The van der Waals surface area contributed by atoms with Crippen molar-refractivity contribution < 1.29 is 19.3 Å². The third-order valence-corrected chi connectivity index (χ3v) is 8.53. The number of non-ortho nitro benzene ring substituents is 1. The molecule has 184 valence electrons. The number of allylic oxidation sites excluding steroid dienone is 2. The number of fused-ring (bicyclic) bond motifs is 5. The molecule has 3 aromatic rings. The van der Waals surface area contributed by atoms with E-state index in [0.29, 0.717) is 6.42 Å². The quantitative estimate of drug-likeness (QED) is 0.273. The Hall–Kier alpha value is -4.39. The monoisotopic (exact) mass is 492 g/mol. The molecule has 2 aliphatic carbocycles. The first-order valence-corrected chi connectivity index (χ1v) is 12.3. The zero-order chi connectivity index (χ0) is 26.1. The van der Waals surface area contributed by atoms with Gasteiger partial charge in [-0.2, -0.15) is 0 Å². The van der Waals surface area contributed by atoms with Crippen LogP contribution in [0.1, 0.15) is 31.4 Å². The molecule has 2 amide bonds. The number of rotatable bonds is 5. The van der Waals surface area contributed by atoms with Crippen LogP contribution in [-0.2, 0) is 14.4 Å². The van der Waals surface area contributed by atoms with Gasteiger partial charge in [-0.15, -0.1) is 0 Å². The molecule has 2 bridgehead atoms. The molecule has 6 rings (SSSR count). The van der Waals surface area contributed by atoms with Gasteiger partial charge in [0.15, 0.2) is 5.78 Å². The van der Waals surface area contributed by atoms with E-state index < -0.39 is 39.4 Å². The lowest BCUT2D eigenvalue weighted by Gasteiger charge is -2.37.